The fourth-order valence-corrected chi connectivity index (χ4v) is 2.79. The third-order valence-electron chi connectivity index (χ3n) is 4.00. The summed E-state index contributed by atoms with van der Waals surface area (Å²) in [6, 6.07) is 4.24. The van der Waals surface area contributed by atoms with Gasteiger partial charge in [-0.15, -0.1) is 0 Å². The van der Waals surface area contributed by atoms with Crippen molar-refractivity contribution in [1.82, 2.24) is 10.3 Å². The van der Waals surface area contributed by atoms with Crippen LogP contribution in [0.2, 0.25) is 0 Å². The van der Waals surface area contributed by atoms with Crippen LogP contribution >= 0.6 is 0 Å². The topological polar surface area (TPSA) is 34.1 Å². The number of nitrogens with zero attached hydrogens (tertiary/aromatic N) is 1. The van der Waals surface area contributed by atoms with Crippen molar-refractivity contribution in [2.45, 2.75) is 65.2 Å². The molecule has 2 rings (SSSR count). The van der Waals surface area contributed by atoms with Crippen LogP contribution in [-0.4, -0.2) is 17.6 Å². The van der Waals surface area contributed by atoms with Gasteiger partial charge in [0.05, 0.1) is 18.4 Å². The number of rotatable bonds is 7. The van der Waals surface area contributed by atoms with Gasteiger partial charge in [0.1, 0.15) is 0 Å². The van der Waals surface area contributed by atoms with Crippen LogP contribution in [0.3, 0.4) is 0 Å². The molecule has 1 N–H and O–H groups in total. The van der Waals surface area contributed by atoms with Crippen molar-refractivity contribution >= 4 is 0 Å². The predicted octanol–water partition coefficient (Wildman–Crippen LogP) is 3.68. The molecule has 1 aliphatic carbocycles. The highest BCUT2D eigenvalue weighted by molar-refractivity contribution is 5.13. The summed E-state index contributed by atoms with van der Waals surface area (Å²) in [5, 5.41) is 3.39. The van der Waals surface area contributed by atoms with E-state index in [9.17, 15) is 0 Å². The molecule has 1 aliphatic rings. The smallest absolute Gasteiger partial charge is 0.0891 e. The summed E-state index contributed by atoms with van der Waals surface area (Å²) in [5.74, 6) is 0.814. The highest BCUT2D eigenvalue weighted by Crippen LogP contribution is 2.26. The number of ether oxygens (including phenoxy) is 1. The van der Waals surface area contributed by atoms with Gasteiger partial charge in [0.25, 0.3) is 0 Å². The first-order valence-electron chi connectivity index (χ1n) is 8.04. The predicted molar refractivity (Wildman–Crippen MR) is 82.4 cm³/mol. The quantitative estimate of drug-likeness (QED) is 0.771. The molecule has 2 unspecified atom stereocenters. The average molecular weight is 276 g/mol. The summed E-state index contributed by atoms with van der Waals surface area (Å²) in [4.78, 5) is 4.50. The number of nitrogens with one attached hydrogen (secondary N) is 1. The van der Waals surface area contributed by atoms with Crippen molar-refractivity contribution < 1.29 is 4.74 Å². The molecule has 0 spiro atoms. The second kappa shape index (κ2) is 8.38. The summed E-state index contributed by atoms with van der Waals surface area (Å²) in [7, 11) is 0. The molecule has 0 saturated heterocycles. The lowest BCUT2D eigenvalue weighted by Gasteiger charge is -2.26. The van der Waals surface area contributed by atoms with Crippen molar-refractivity contribution in [3.05, 3.63) is 29.6 Å². The second-order valence-electron chi connectivity index (χ2n) is 6.04. The Kier molecular flexibility index (Phi) is 6.48. The van der Waals surface area contributed by atoms with Gasteiger partial charge in [-0.2, -0.15) is 0 Å². The van der Waals surface area contributed by atoms with E-state index in [0.717, 1.165) is 24.7 Å². The van der Waals surface area contributed by atoms with E-state index < -0.39 is 0 Å². The summed E-state index contributed by atoms with van der Waals surface area (Å²) < 4.78 is 6.00. The molecule has 0 amide bonds. The third kappa shape index (κ3) is 5.22. The zero-order valence-electron chi connectivity index (χ0n) is 12.9. The lowest BCUT2D eigenvalue weighted by atomic mass is 9.89. The van der Waals surface area contributed by atoms with Gasteiger partial charge in [-0.1, -0.05) is 32.8 Å². The first-order valence-corrected chi connectivity index (χ1v) is 8.04. The molecule has 3 heteroatoms. The van der Waals surface area contributed by atoms with E-state index in [1.54, 1.807) is 0 Å². The molecule has 1 saturated carbocycles. The maximum atomic E-state index is 6.00. The minimum absolute atomic E-state index is 0.437. The van der Waals surface area contributed by atoms with Crippen LogP contribution in [0.4, 0.5) is 0 Å². The molecule has 1 aromatic heterocycles. The van der Waals surface area contributed by atoms with Gasteiger partial charge in [0.2, 0.25) is 0 Å². The fraction of sp³-hybridized carbons (Fsp3) is 0.706. The van der Waals surface area contributed by atoms with Gasteiger partial charge in [-0.05, 0) is 43.4 Å². The molecule has 0 radical (unpaired) electrons. The Labute approximate surface area is 123 Å². The summed E-state index contributed by atoms with van der Waals surface area (Å²) >= 11 is 0. The first-order chi connectivity index (χ1) is 9.78. The van der Waals surface area contributed by atoms with Crippen molar-refractivity contribution in [2.75, 3.05) is 6.54 Å². The van der Waals surface area contributed by atoms with Crippen LogP contribution in [0.15, 0.2) is 18.3 Å². The van der Waals surface area contributed by atoms with E-state index in [0.29, 0.717) is 12.7 Å². The van der Waals surface area contributed by atoms with Crippen LogP contribution < -0.4 is 5.32 Å². The van der Waals surface area contributed by atoms with Crippen LogP contribution in [0.5, 0.6) is 0 Å². The number of hydrogen-bond donors (Lipinski definition) is 1. The SMILES string of the molecule is CCCNCc1ccc(COC2CCCC(C)C2)nc1. The van der Waals surface area contributed by atoms with Gasteiger partial charge in [0.15, 0.2) is 0 Å². The monoisotopic (exact) mass is 276 g/mol. The lowest BCUT2D eigenvalue weighted by Crippen LogP contribution is -2.21. The van der Waals surface area contributed by atoms with Crippen LogP contribution in [0.1, 0.15) is 57.2 Å². The standard InChI is InChI=1S/C17H28N2O/c1-3-9-18-11-15-7-8-16(19-12-15)13-20-17-6-4-5-14(2)10-17/h7-8,12,14,17-18H,3-6,9-11,13H2,1-2H3. The van der Waals surface area contributed by atoms with E-state index in [1.807, 2.05) is 6.20 Å². The molecule has 2 atom stereocenters. The Bertz CT molecular complexity index is 377. The van der Waals surface area contributed by atoms with E-state index in [1.165, 1.54) is 37.7 Å². The lowest BCUT2D eigenvalue weighted by molar-refractivity contribution is 0.00320. The number of pyridine rings is 1. The van der Waals surface area contributed by atoms with Gasteiger partial charge in [0, 0.05) is 12.7 Å². The van der Waals surface area contributed by atoms with Crippen molar-refractivity contribution in [3.8, 4) is 0 Å². The molecule has 3 nitrogen and oxygen atoms in total. The molecular weight excluding hydrogens is 248 g/mol. The molecule has 112 valence electrons. The Morgan fingerprint density at radius 1 is 1.35 bits per heavy atom. The number of aromatic nitrogens is 1. The van der Waals surface area contributed by atoms with E-state index in [-0.39, 0.29) is 0 Å². The van der Waals surface area contributed by atoms with Crippen molar-refractivity contribution in [2.24, 2.45) is 5.92 Å². The fourth-order valence-electron chi connectivity index (χ4n) is 2.79. The summed E-state index contributed by atoms with van der Waals surface area (Å²) in [5.41, 5.74) is 2.29. The van der Waals surface area contributed by atoms with Gasteiger partial charge < -0.3 is 10.1 Å². The molecule has 1 heterocycles. The van der Waals surface area contributed by atoms with Crippen molar-refractivity contribution in [1.29, 1.82) is 0 Å². The molecular formula is C17H28N2O. The second-order valence-corrected chi connectivity index (χ2v) is 6.04. The Balaban J connectivity index is 1.73. The number of hydrogen-bond acceptors (Lipinski definition) is 3. The Morgan fingerprint density at radius 2 is 2.25 bits per heavy atom. The highest BCUT2D eigenvalue weighted by Gasteiger charge is 2.19. The molecule has 1 aromatic rings. The zero-order valence-corrected chi connectivity index (χ0v) is 12.9. The average Bonchev–Trinajstić information content (AvgIpc) is 2.47. The Morgan fingerprint density at radius 3 is 2.95 bits per heavy atom. The third-order valence-corrected chi connectivity index (χ3v) is 4.00. The molecule has 0 bridgehead atoms. The normalized spacial score (nSPS) is 22.9. The minimum atomic E-state index is 0.437. The van der Waals surface area contributed by atoms with Gasteiger partial charge >= 0.3 is 0 Å². The van der Waals surface area contributed by atoms with Crippen LogP contribution in [0, 0.1) is 5.92 Å². The largest absolute Gasteiger partial charge is 0.372 e. The van der Waals surface area contributed by atoms with Gasteiger partial charge in [-0.3, -0.25) is 4.98 Å². The minimum Gasteiger partial charge on any atom is -0.372 e. The maximum absolute atomic E-state index is 6.00. The van der Waals surface area contributed by atoms with Crippen molar-refractivity contribution in [3.63, 3.8) is 0 Å². The Hall–Kier alpha value is -0.930. The van der Waals surface area contributed by atoms with Crippen LogP contribution in [-0.2, 0) is 17.9 Å². The first kappa shape index (κ1) is 15.5. The van der Waals surface area contributed by atoms with E-state index >= 15 is 0 Å². The molecule has 20 heavy (non-hydrogen) atoms. The van der Waals surface area contributed by atoms with Crippen LogP contribution in [0.25, 0.3) is 0 Å². The summed E-state index contributed by atoms with van der Waals surface area (Å²) in [6.45, 7) is 7.12. The zero-order chi connectivity index (χ0) is 14.2. The molecule has 1 fully saturated rings. The maximum Gasteiger partial charge on any atom is 0.0891 e. The van der Waals surface area contributed by atoms with Gasteiger partial charge in [-0.25, -0.2) is 0 Å². The molecule has 0 aliphatic heterocycles. The summed E-state index contributed by atoms with van der Waals surface area (Å²) in [6.07, 6.45) is 8.65. The van der Waals surface area contributed by atoms with E-state index in [2.05, 4.69) is 36.3 Å². The highest BCUT2D eigenvalue weighted by atomic mass is 16.5. The molecule has 0 aromatic carbocycles. The van der Waals surface area contributed by atoms with E-state index in [4.69, 9.17) is 4.74 Å².